The van der Waals surface area contributed by atoms with Crippen molar-refractivity contribution in [1.82, 2.24) is 5.32 Å². The molecular weight excluding hydrogens is 390 g/mol. The number of hydrogen-bond acceptors (Lipinski definition) is 4. The van der Waals surface area contributed by atoms with Crippen LogP contribution in [-0.4, -0.2) is 26.8 Å². The van der Waals surface area contributed by atoms with E-state index in [1.807, 2.05) is 24.3 Å². The first-order valence-corrected chi connectivity index (χ1v) is 10.2. The van der Waals surface area contributed by atoms with Gasteiger partial charge in [0, 0.05) is 30.8 Å². The molecule has 0 spiro atoms. The average Bonchev–Trinajstić information content (AvgIpc) is 3.05. The van der Waals surface area contributed by atoms with Gasteiger partial charge in [-0.2, -0.15) is 0 Å². The van der Waals surface area contributed by atoms with Crippen LogP contribution < -0.4 is 15.4 Å². The fourth-order valence-electron chi connectivity index (χ4n) is 2.86. The lowest BCUT2D eigenvalue weighted by Gasteiger charge is -2.16. The summed E-state index contributed by atoms with van der Waals surface area (Å²) in [7, 11) is -4.02. The normalized spacial score (nSPS) is 14.4. The number of hydrogen-bond donors (Lipinski definition) is 2. The molecule has 3 rings (SSSR count). The minimum atomic E-state index is -4.02. The van der Waals surface area contributed by atoms with Crippen molar-refractivity contribution in [3.63, 3.8) is 0 Å². The highest BCUT2D eigenvalue weighted by Gasteiger charge is 2.21. The Labute approximate surface area is 162 Å². The van der Waals surface area contributed by atoms with E-state index in [9.17, 15) is 18.0 Å². The molecule has 1 aliphatic heterocycles. The zero-order chi connectivity index (χ0) is 19.6. The molecule has 27 heavy (non-hydrogen) atoms. The van der Waals surface area contributed by atoms with Crippen molar-refractivity contribution in [3.8, 4) is 0 Å². The van der Waals surface area contributed by atoms with Crippen LogP contribution in [0.5, 0.6) is 0 Å². The van der Waals surface area contributed by atoms with Gasteiger partial charge in [-0.1, -0.05) is 23.7 Å². The van der Waals surface area contributed by atoms with E-state index >= 15 is 0 Å². The Bertz CT molecular complexity index is 990. The minimum Gasteiger partial charge on any atom is -0.348 e. The van der Waals surface area contributed by atoms with Crippen molar-refractivity contribution < 1.29 is 18.0 Å². The summed E-state index contributed by atoms with van der Waals surface area (Å²) in [5.74, 6) is -0.334. The van der Waals surface area contributed by atoms with Gasteiger partial charge >= 0.3 is 0 Å². The van der Waals surface area contributed by atoms with Gasteiger partial charge in [0.2, 0.25) is 15.9 Å². The van der Waals surface area contributed by atoms with Crippen LogP contribution >= 0.6 is 11.6 Å². The molecule has 0 aromatic heterocycles. The third-order valence-electron chi connectivity index (χ3n) is 4.27. The lowest BCUT2D eigenvalue weighted by Crippen LogP contribution is -2.24. The number of carbonyl (C=O) groups excluding carboxylic acids is 2. The molecule has 1 heterocycles. The number of halogens is 1. The van der Waals surface area contributed by atoms with Crippen molar-refractivity contribution in [1.29, 1.82) is 0 Å². The van der Waals surface area contributed by atoms with E-state index in [0.29, 0.717) is 6.42 Å². The highest BCUT2D eigenvalue weighted by Crippen LogP contribution is 2.23. The summed E-state index contributed by atoms with van der Waals surface area (Å²) in [4.78, 5) is 25.5. The molecule has 0 radical (unpaired) electrons. The fraction of sp³-hybridized carbons (Fsp3) is 0.222. The van der Waals surface area contributed by atoms with Crippen LogP contribution in [0.25, 0.3) is 0 Å². The Morgan fingerprint density at radius 1 is 1.19 bits per heavy atom. The first kappa shape index (κ1) is 19.3. The van der Waals surface area contributed by atoms with Gasteiger partial charge in [0.25, 0.3) is 5.91 Å². The average molecular weight is 408 g/mol. The molecule has 142 valence electrons. The number of primary sulfonamides is 1. The molecular formula is C18H18ClN3O4S. The summed E-state index contributed by atoms with van der Waals surface area (Å²) in [6.07, 6.45) is 1.43. The standard InChI is InChI=1S/C18H18ClN3O4S/c19-15-8-5-13(10-16(15)27(20,25)26)18(24)21-11-12-3-6-14(7-4-12)22-9-1-2-17(22)23/h3-8,10H,1-2,9,11H2,(H,21,24)(H2,20,25,26). The maximum absolute atomic E-state index is 12.3. The van der Waals surface area contributed by atoms with Crippen molar-refractivity contribution >= 4 is 39.1 Å². The third-order valence-corrected chi connectivity index (χ3v) is 5.67. The highest BCUT2D eigenvalue weighted by molar-refractivity contribution is 7.89. The van der Waals surface area contributed by atoms with Crippen molar-refractivity contribution in [2.75, 3.05) is 11.4 Å². The Hall–Kier alpha value is -2.42. The van der Waals surface area contributed by atoms with Crippen LogP contribution in [-0.2, 0) is 21.4 Å². The van der Waals surface area contributed by atoms with Gasteiger partial charge in [0.1, 0.15) is 4.90 Å². The largest absolute Gasteiger partial charge is 0.348 e. The fourth-order valence-corrected chi connectivity index (χ4v) is 3.93. The maximum atomic E-state index is 12.3. The predicted octanol–water partition coefficient (Wildman–Crippen LogP) is 2.04. The second-order valence-electron chi connectivity index (χ2n) is 6.19. The Balaban J connectivity index is 1.66. The van der Waals surface area contributed by atoms with E-state index in [1.54, 1.807) is 4.90 Å². The number of nitrogens with one attached hydrogen (secondary N) is 1. The first-order chi connectivity index (χ1) is 12.8. The van der Waals surface area contributed by atoms with Gasteiger partial charge < -0.3 is 10.2 Å². The molecule has 7 nitrogen and oxygen atoms in total. The summed E-state index contributed by atoms with van der Waals surface area (Å²) in [6.45, 7) is 0.970. The Morgan fingerprint density at radius 3 is 2.48 bits per heavy atom. The Morgan fingerprint density at radius 2 is 1.89 bits per heavy atom. The quantitative estimate of drug-likeness (QED) is 0.790. The van der Waals surface area contributed by atoms with Crippen LogP contribution in [0.3, 0.4) is 0 Å². The second-order valence-corrected chi connectivity index (χ2v) is 8.13. The van der Waals surface area contributed by atoms with Crippen LogP contribution in [0.1, 0.15) is 28.8 Å². The summed E-state index contributed by atoms with van der Waals surface area (Å²) in [5, 5.41) is 7.77. The molecule has 3 N–H and O–H groups in total. The number of carbonyl (C=O) groups is 2. The van der Waals surface area contributed by atoms with Gasteiger partial charge in [-0.25, -0.2) is 13.6 Å². The zero-order valence-electron chi connectivity index (χ0n) is 14.3. The molecule has 1 aliphatic rings. The first-order valence-electron chi connectivity index (χ1n) is 8.25. The number of rotatable bonds is 5. The van der Waals surface area contributed by atoms with Gasteiger partial charge in [0.05, 0.1) is 5.02 Å². The summed E-state index contributed by atoms with van der Waals surface area (Å²) < 4.78 is 23.0. The minimum absolute atomic E-state index is 0.0406. The monoisotopic (exact) mass is 407 g/mol. The van der Waals surface area contributed by atoms with E-state index in [0.717, 1.165) is 30.3 Å². The van der Waals surface area contributed by atoms with Crippen LogP contribution in [0.4, 0.5) is 5.69 Å². The molecule has 0 saturated carbocycles. The molecule has 1 fully saturated rings. The van der Waals surface area contributed by atoms with Gasteiger partial charge in [-0.3, -0.25) is 9.59 Å². The van der Waals surface area contributed by atoms with E-state index in [2.05, 4.69) is 5.32 Å². The van der Waals surface area contributed by atoms with E-state index in [-0.39, 0.29) is 27.9 Å². The molecule has 9 heteroatoms. The molecule has 2 amide bonds. The van der Waals surface area contributed by atoms with Crippen molar-refractivity contribution in [3.05, 3.63) is 58.6 Å². The SMILES string of the molecule is NS(=O)(=O)c1cc(C(=O)NCc2ccc(N3CCCC3=O)cc2)ccc1Cl. The number of benzene rings is 2. The van der Waals surface area contributed by atoms with E-state index in [1.165, 1.54) is 12.1 Å². The van der Waals surface area contributed by atoms with Gasteiger partial charge in [-0.15, -0.1) is 0 Å². The number of amides is 2. The zero-order valence-corrected chi connectivity index (χ0v) is 15.9. The smallest absolute Gasteiger partial charge is 0.251 e. The number of nitrogens with two attached hydrogens (primary N) is 1. The lowest BCUT2D eigenvalue weighted by atomic mass is 10.1. The molecule has 0 aliphatic carbocycles. The number of anilines is 1. The molecule has 0 unspecified atom stereocenters. The molecule has 0 atom stereocenters. The number of sulfonamides is 1. The molecule has 2 aromatic carbocycles. The number of nitrogens with zero attached hydrogens (tertiary/aromatic N) is 1. The van der Waals surface area contributed by atoms with E-state index < -0.39 is 15.9 Å². The lowest BCUT2D eigenvalue weighted by molar-refractivity contribution is -0.117. The third kappa shape index (κ3) is 4.47. The van der Waals surface area contributed by atoms with Crippen LogP contribution in [0, 0.1) is 0 Å². The summed E-state index contributed by atoms with van der Waals surface area (Å²) >= 11 is 5.82. The van der Waals surface area contributed by atoms with Crippen LogP contribution in [0.2, 0.25) is 5.02 Å². The highest BCUT2D eigenvalue weighted by atomic mass is 35.5. The van der Waals surface area contributed by atoms with E-state index in [4.69, 9.17) is 16.7 Å². The van der Waals surface area contributed by atoms with Crippen LogP contribution in [0.15, 0.2) is 47.4 Å². The summed E-state index contributed by atoms with van der Waals surface area (Å²) in [6, 6.07) is 11.2. The molecule has 0 bridgehead atoms. The Kier molecular flexibility index (Phi) is 5.50. The topological polar surface area (TPSA) is 110 Å². The summed E-state index contributed by atoms with van der Waals surface area (Å²) in [5.41, 5.74) is 1.82. The van der Waals surface area contributed by atoms with Gasteiger partial charge in [-0.05, 0) is 42.3 Å². The van der Waals surface area contributed by atoms with Crippen molar-refractivity contribution in [2.24, 2.45) is 5.14 Å². The maximum Gasteiger partial charge on any atom is 0.251 e. The van der Waals surface area contributed by atoms with Crippen molar-refractivity contribution in [2.45, 2.75) is 24.3 Å². The van der Waals surface area contributed by atoms with Gasteiger partial charge in [0.15, 0.2) is 0 Å². The molecule has 1 saturated heterocycles. The second kappa shape index (κ2) is 7.67. The predicted molar refractivity (Wildman–Crippen MR) is 102 cm³/mol. The molecule has 2 aromatic rings.